The molecule has 0 saturated carbocycles. The highest BCUT2D eigenvalue weighted by atomic mass is 16.5. The summed E-state index contributed by atoms with van der Waals surface area (Å²) < 4.78 is 17.0. The summed E-state index contributed by atoms with van der Waals surface area (Å²) in [7, 11) is 3.34. The van der Waals surface area contributed by atoms with Crippen molar-refractivity contribution in [1.29, 1.82) is 0 Å². The number of hydrogen-bond donors (Lipinski definition) is 1. The Labute approximate surface area is 107 Å². The molecule has 0 saturated heterocycles. The molecule has 0 radical (unpaired) electrons. The number of nitrogens with one attached hydrogen (secondary N) is 1. The van der Waals surface area contributed by atoms with E-state index in [0.717, 1.165) is 12.4 Å². The van der Waals surface area contributed by atoms with E-state index in [1.165, 1.54) is 0 Å². The van der Waals surface area contributed by atoms with Crippen molar-refractivity contribution in [1.82, 2.24) is 20.1 Å². The lowest BCUT2D eigenvalue weighted by Gasteiger charge is -2.03. The number of hydrogen-bond acceptors (Lipinski definition) is 6. The Hall–Kier alpha value is -1.02. The van der Waals surface area contributed by atoms with Gasteiger partial charge in [0.25, 0.3) is 0 Å². The first-order valence-electron chi connectivity index (χ1n) is 6.01. The number of nitrogens with zero attached hydrogens (tertiary/aromatic N) is 3. The number of ether oxygens (including phenoxy) is 3. The zero-order valence-electron chi connectivity index (χ0n) is 11.1. The lowest BCUT2D eigenvalue weighted by atomic mass is 10.5. The molecular weight excluding hydrogens is 236 g/mol. The first-order valence-corrected chi connectivity index (χ1v) is 6.01. The summed E-state index contributed by atoms with van der Waals surface area (Å²) >= 11 is 0. The predicted molar refractivity (Wildman–Crippen MR) is 66.3 cm³/mol. The molecule has 1 N–H and O–H groups in total. The van der Waals surface area contributed by atoms with Gasteiger partial charge in [-0.3, -0.25) is 4.68 Å². The maximum absolute atomic E-state index is 5.35. The lowest BCUT2D eigenvalue weighted by molar-refractivity contribution is 0.0653. The van der Waals surface area contributed by atoms with Crippen LogP contribution < -0.4 is 5.32 Å². The fraction of sp³-hybridized carbons (Fsp3) is 0.818. The molecule has 18 heavy (non-hydrogen) atoms. The monoisotopic (exact) mass is 258 g/mol. The summed E-state index contributed by atoms with van der Waals surface area (Å²) in [6.07, 6.45) is 1.72. The van der Waals surface area contributed by atoms with Crippen LogP contribution in [0.3, 0.4) is 0 Å². The van der Waals surface area contributed by atoms with Gasteiger partial charge in [-0.2, -0.15) is 5.10 Å². The normalized spacial score (nSPS) is 11.0. The minimum atomic E-state index is 0.608. The van der Waals surface area contributed by atoms with E-state index in [0.29, 0.717) is 39.5 Å². The molecule has 7 nitrogen and oxygen atoms in total. The van der Waals surface area contributed by atoms with Crippen LogP contribution in [0.15, 0.2) is 6.33 Å². The van der Waals surface area contributed by atoms with Gasteiger partial charge in [-0.15, -0.1) is 0 Å². The smallest absolute Gasteiger partial charge is 0.164 e. The van der Waals surface area contributed by atoms with Gasteiger partial charge < -0.3 is 19.5 Å². The lowest BCUT2D eigenvalue weighted by Crippen LogP contribution is -2.19. The number of aromatic nitrogens is 3. The molecule has 1 heterocycles. The minimum absolute atomic E-state index is 0.608. The van der Waals surface area contributed by atoms with Crippen molar-refractivity contribution in [3.63, 3.8) is 0 Å². The Morgan fingerprint density at radius 1 is 1.17 bits per heavy atom. The Kier molecular flexibility index (Phi) is 8.32. The van der Waals surface area contributed by atoms with Gasteiger partial charge in [0.2, 0.25) is 0 Å². The maximum Gasteiger partial charge on any atom is 0.164 e. The van der Waals surface area contributed by atoms with Crippen molar-refractivity contribution < 1.29 is 14.2 Å². The topological polar surface area (TPSA) is 70.4 Å². The molecule has 7 heteroatoms. The third-order valence-corrected chi connectivity index (χ3v) is 2.25. The van der Waals surface area contributed by atoms with Gasteiger partial charge >= 0.3 is 0 Å². The molecule has 1 rings (SSSR count). The van der Waals surface area contributed by atoms with E-state index in [1.807, 2.05) is 0 Å². The number of methoxy groups -OCH3 is 2. The van der Waals surface area contributed by atoms with Gasteiger partial charge in [-0.05, 0) is 0 Å². The van der Waals surface area contributed by atoms with Gasteiger partial charge in [-0.1, -0.05) is 0 Å². The second kappa shape index (κ2) is 9.95. The molecule has 1 aromatic heterocycles. The first kappa shape index (κ1) is 15.0. The largest absolute Gasteiger partial charge is 0.383 e. The molecule has 0 aromatic carbocycles. The van der Waals surface area contributed by atoms with E-state index in [-0.39, 0.29) is 0 Å². The summed E-state index contributed by atoms with van der Waals surface area (Å²) in [4.78, 5) is 4.20. The molecule has 0 unspecified atom stereocenters. The highest BCUT2D eigenvalue weighted by Gasteiger charge is 2.00. The van der Waals surface area contributed by atoms with Crippen molar-refractivity contribution in [2.24, 2.45) is 0 Å². The maximum atomic E-state index is 5.35. The standard InChI is InChI=1S/C11H22N4O3/c1-16-5-3-12-9-11-13-10-15(14-11)4-6-18-8-7-17-2/h10,12H,3-9H2,1-2H3. The van der Waals surface area contributed by atoms with Crippen LogP contribution in [-0.2, 0) is 27.3 Å². The summed E-state index contributed by atoms with van der Waals surface area (Å²) in [6, 6.07) is 0. The summed E-state index contributed by atoms with van der Waals surface area (Å²) in [5.41, 5.74) is 0. The van der Waals surface area contributed by atoms with E-state index >= 15 is 0 Å². The van der Waals surface area contributed by atoms with Crippen LogP contribution in [-0.4, -0.2) is 62.0 Å². The van der Waals surface area contributed by atoms with Gasteiger partial charge in [-0.25, -0.2) is 4.98 Å². The van der Waals surface area contributed by atoms with Crippen molar-refractivity contribution >= 4 is 0 Å². The zero-order valence-corrected chi connectivity index (χ0v) is 11.1. The molecule has 0 amide bonds. The molecule has 0 aliphatic rings. The molecule has 0 spiro atoms. The van der Waals surface area contributed by atoms with Gasteiger partial charge in [0.1, 0.15) is 6.33 Å². The highest BCUT2D eigenvalue weighted by Crippen LogP contribution is 1.90. The zero-order chi connectivity index (χ0) is 13.1. The molecule has 0 aliphatic carbocycles. The van der Waals surface area contributed by atoms with Crippen LogP contribution in [0.4, 0.5) is 0 Å². The molecule has 104 valence electrons. The van der Waals surface area contributed by atoms with Crippen LogP contribution >= 0.6 is 0 Å². The van der Waals surface area contributed by atoms with Crippen molar-refractivity contribution in [2.75, 3.05) is 47.2 Å². The van der Waals surface area contributed by atoms with Gasteiger partial charge in [0.15, 0.2) is 5.82 Å². The van der Waals surface area contributed by atoms with Crippen LogP contribution in [0.5, 0.6) is 0 Å². The Balaban J connectivity index is 2.10. The van der Waals surface area contributed by atoms with Crippen LogP contribution in [0.25, 0.3) is 0 Å². The SMILES string of the molecule is COCCNCc1ncn(CCOCCOC)n1. The molecule has 0 fully saturated rings. The fourth-order valence-corrected chi connectivity index (χ4v) is 1.30. The molecular formula is C11H22N4O3. The third-order valence-electron chi connectivity index (χ3n) is 2.25. The Bertz CT molecular complexity index is 306. The second-order valence-electron chi connectivity index (χ2n) is 3.70. The average molecular weight is 258 g/mol. The van der Waals surface area contributed by atoms with Crippen molar-refractivity contribution in [3.05, 3.63) is 12.2 Å². The minimum Gasteiger partial charge on any atom is -0.383 e. The van der Waals surface area contributed by atoms with E-state index in [4.69, 9.17) is 14.2 Å². The fourth-order valence-electron chi connectivity index (χ4n) is 1.30. The molecule has 0 atom stereocenters. The Morgan fingerprint density at radius 3 is 2.78 bits per heavy atom. The van der Waals surface area contributed by atoms with Gasteiger partial charge in [0, 0.05) is 20.8 Å². The van der Waals surface area contributed by atoms with Crippen LogP contribution in [0, 0.1) is 0 Å². The molecule has 0 bridgehead atoms. The predicted octanol–water partition coefficient (Wildman–Crippen LogP) is -0.323. The van der Waals surface area contributed by atoms with E-state index < -0.39 is 0 Å². The van der Waals surface area contributed by atoms with E-state index in [1.54, 1.807) is 25.2 Å². The molecule has 1 aromatic rings. The number of rotatable bonds is 11. The quantitative estimate of drug-likeness (QED) is 0.548. The van der Waals surface area contributed by atoms with E-state index in [9.17, 15) is 0 Å². The van der Waals surface area contributed by atoms with Crippen molar-refractivity contribution in [2.45, 2.75) is 13.1 Å². The third kappa shape index (κ3) is 6.65. The Morgan fingerprint density at radius 2 is 2.00 bits per heavy atom. The van der Waals surface area contributed by atoms with E-state index in [2.05, 4.69) is 15.4 Å². The van der Waals surface area contributed by atoms with Crippen molar-refractivity contribution in [3.8, 4) is 0 Å². The van der Waals surface area contributed by atoms with Gasteiger partial charge in [0.05, 0.1) is 39.5 Å². The highest BCUT2D eigenvalue weighted by molar-refractivity contribution is 4.80. The summed E-state index contributed by atoms with van der Waals surface area (Å²) in [6.45, 7) is 4.68. The summed E-state index contributed by atoms with van der Waals surface area (Å²) in [5.74, 6) is 0.781. The van der Waals surface area contributed by atoms with Crippen LogP contribution in [0.1, 0.15) is 5.82 Å². The first-order chi connectivity index (χ1) is 8.86. The molecule has 0 aliphatic heterocycles. The average Bonchev–Trinajstić information content (AvgIpc) is 2.82. The van der Waals surface area contributed by atoms with Crippen LogP contribution in [0.2, 0.25) is 0 Å². The second-order valence-corrected chi connectivity index (χ2v) is 3.70. The summed E-state index contributed by atoms with van der Waals surface area (Å²) in [5, 5.41) is 7.51.